The Bertz CT molecular complexity index is 397. The van der Waals surface area contributed by atoms with E-state index in [2.05, 4.69) is 70.0 Å². The molecular formula is C14H21BrN2S. The largest absolute Gasteiger partial charge is 0.369 e. The fourth-order valence-corrected chi connectivity index (χ4v) is 3.72. The number of rotatable bonds is 4. The van der Waals surface area contributed by atoms with Crippen molar-refractivity contribution in [2.75, 3.05) is 30.3 Å². The van der Waals surface area contributed by atoms with Crippen molar-refractivity contribution in [2.24, 2.45) is 0 Å². The second-order valence-corrected chi connectivity index (χ2v) is 7.14. The predicted octanol–water partition coefficient (Wildman–Crippen LogP) is 3.50. The van der Waals surface area contributed by atoms with Gasteiger partial charge >= 0.3 is 0 Å². The molecule has 0 amide bonds. The van der Waals surface area contributed by atoms with Gasteiger partial charge in [0.05, 0.1) is 0 Å². The van der Waals surface area contributed by atoms with Gasteiger partial charge in [0.15, 0.2) is 0 Å². The molecule has 0 aliphatic carbocycles. The first-order chi connectivity index (χ1) is 8.70. The fraction of sp³-hybridized carbons (Fsp3) is 0.571. The van der Waals surface area contributed by atoms with E-state index in [-0.39, 0.29) is 0 Å². The van der Waals surface area contributed by atoms with Crippen LogP contribution in [0.3, 0.4) is 0 Å². The number of benzene rings is 1. The Hall–Kier alpha value is -0.190. The molecule has 0 aromatic heterocycles. The third-order valence-electron chi connectivity index (χ3n) is 3.19. The van der Waals surface area contributed by atoms with Gasteiger partial charge in [0.1, 0.15) is 0 Å². The maximum atomic E-state index is 3.57. The highest BCUT2D eigenvalue weighted by Gasteiger charge is 2.19. The summed E-state index contributed by atoms with van der Waals surface area (Å²) in [7, 11) is 0. The minimum absolute atomic E-state index is 0.731. The number of hydrogen-bond donors (Lipinski definition) is 1. The van der Waals surface area contributed by atoms with Crippen LogP contribution in [0.4, 0.5) is 5.69 Å². The first-order valence-electron chi connectivity index (χ1n) is 6.56. The van der Waals surface area contributed by atoms with Crippen molar-refractivity contribution in [1.82, 2.24) is 5.32 Å². The average Bonchev–Trinajstić information content (AvgIpc) is 2.36. The summed E-state index contributed by atoms with van der Waals surface area (Å²) in [5, 5.41) is 4.16. The van der Waals surface area contributed by atoms with Gasteiger partial charge in [-0.05, 0) is 30.3 Å². The lowest BCUT2D eigenvalue weighted by molar-refractivity contribution is 0.715. The Morgan fingerprint density at radius 1 is 1.50 bits per heavy atom. The first-order valence-corrected chi connectivity index (χ1v) is 8.40. The van der Waals surface area contributed by atoms with Gasteiger partial charge in [-0.25, -0.2) is 0 Å². The average molecular weight is 329 g/mol. The van der Waals surface area contributed by atoms with Crippen molar-refractivity contribution in [3.05, 3.63) is 28.2 Å². The van der Waals surface area contributed by atoms with Gasteiger partial charge in [-0.15, -0.1) is 0 Å². The predicted molar refractivity (Wildman–Crippen MR) is 85.7 cm³/mol. The number of hydrogen-bond acceptors (Lipinski definition) is 3. The summed E-state index contributed by atoms with van der Waals surface area (Å²) in [6.07, 6.45) is 0. The molecule has 1 aliphatic rings. The van der Waals surface area contributed by atoms with Crippen LogP contribution in [-0.2, 0) is 6.54 Å². The van der Waals surface area contributed by atoms with Crippen LogP contribution in [0.15, 0.2) is 22.7 Å². The van der Waals surface area contributed by atoms with Crippen LogP contribution in [0.25, 0.3) is 0 Å². The lowest BCUT2D eigenvalue weighted by Gasteiger charge is -2.34. The van der Waals surface area contributed by atoms with Crippen molar-refractivity contribution < 1.29 is 0 Å². The minimum Gasteiger partial charge on any atom is -0.369 e. The molecule has 1 aromatic carbocycles. The molecular weight excluding hydrogens is 308 g/mol. The van der Waals surface area contributed by atoms with E-state index in [1.807, 2.05) is 0 Å². The fourth-order valence-electron chi connectivity index (χ4n) is 2.30. The first kappa shape index (κ1) is 14.2. The summed E-state index contributed by atoms with van der Waals surface area (Å²) in [6, 6.07) is 6.64. The highest BCUT2D eigenvalue weighted by molar-refractivity contribution is 9.10. The van der Waals surface area contributed by atoms with Crippen molar-refractivity contribution in [1.29, 1.82) is 0 Å². The molecule has 100 valence electrons. The van der Waals surface area contributed by atoms with Crippen molar-refractivity contribution in [2.45, 2.75) is 25.6 Å². The van der Waals surface area contributed by atoms with Crippen molar-refractivity contribution in [3.8, 4) is 0 Å². The Labute approximate surface area is 123 Å². The van der Waals surface area contributed by atoms with E-state index in [1.165, 1.54) is 21.5 Å². The van der Waals surface area contributed by atoms with Gasteiger partial charge in [0.2, 0.25) is 0 Å². The Morgan fingerprint density at radius 2 is 2.33 bits per heavy atom. The summed E-state index contributed by atoms with van der Waals surface area (Å²) in [6.45, 7) is 8.75. The van der Waals surface area contributed by atoms with Gasteiger partial charge in [-0.2, -0.15) is 11.8 Å². The van der Waals surface area contributed by atoms with Crippen LogP contribution < -0.4 is 10.2 Å². The van der Waals surface area contributed by atoms with E-state index in [0.717, 1.165) is 31.4 Å². The SMILES string of the molecule is CCNCc1cc(Br)ccc1N1CCSC(C)C1. The number of halogens is 1. The molecule has 1 unspecified atom stereocenters. The normalized spacial score (nSPS) is 20.2. The zero-order valence-electron chi connectivity index (χ0n) is 11.1. The monoisotopic (exact) mass is 328 g/mol. The van der Waals surface area contributed by atoms with E-state index in [0.29, 0.717) is 0 Å². The summed E-state index contributed by atoms with van der Waals surface area (Å²) >= 11 is 5.65. The summed E-state index contributed by atoms with van der Waals surface area (Å²) in [5.41, 5.74) is 2.79. The number of thioether (sulfide) groups is 1. The maximum absolute atomic E-state index is 3.57. The third kappa shape index (κ3) is 3.65. The molecule has 1 N–H and O–H groups in total. The van der Waals surface area contributed by atoms with E-state index >= 15 is 0 Å². The number of nitrogens with one attached hydrogen (secondary N) is 1. The quantitative estimate of drug-likeness (QED) is 0.910. The second kappa shape index (κ2) is 6.83. The van der Waals surface area contributed by atoms with Crippen LogP contribution >= 0.6 is 27.7 Å². The molecule has 0 spiro atoms. The summed E-state index contributed by atoms with van der Waals surface area (Å²) in [4.78, 5) is 2.53. The minimum atomic E-state index is 0.731. The second-order valence-electron chi connectivity index (χ2n) is 4.68. The van der Waals surface area contributed by atoms with Gasteiger partial charge in [0, 0.05) is 40.8 Å². The molecule has 0 radical (unpaired) electrons. The van der Waals surface area contributed by atoms with E-state index in [1.54, 1.807) is 0 Å². The highest BCUT2D eigenvalue weighted by atomic mass is 79.9. The molecule has 1 saturated heterocycles. The molecule has 2 rings (SSSR count). The molecule has 18 heavy (non-hydrogen) atoms. The Kier molecular flexibility index (Phi) is 5.39. The lowest BCUT2D eigenvalue weighted by Crippen LogP contribution is -2.37. The molecule has 1 aliphatic heterocycles. The van der Waals surface area contributed by atoms with Gasteiger partial charge in [-0.1, -0.05) is 29.8 Å². The standard InChI is InChI=1S/C14H21BrN2S/c1-3-16-9-12-8-13(15)4-5-14(12)17-6-7-18-11(2)10-17/h4-5,8,11,16H,3,6-7,9-10H2,1-2H3. The molecule has 4 heteroatoms. The molecule has 0 bridgehead atoms. The lowest BCUT2D eigenvalue weighted by atomic mass is 10.1. The molecule has 1 atom stereocenters. The molecule has 1 heterocycles. The third-order valence-corrected chi connectivity index (χ3v) is 4.82. The Morgan fingerprint density at radius 3 is 3.06 bits per heavy atom. The smallest absolute Gasteiger partial charge is 0.0413 e. The van der Waals surface area contributed by atoms with Gasteiger partial charge in [0.25, 0.3) is 0 Å². The molecule has 0 saturated carbocycles. The summed E-state index contributed by atoms with van der Waals surface area (Å²) in [5.74, 6) is 1.23. The van der Waals surface area contributed by atoms with Gasteiger partial charge < -0.3 is 10.2 Å². The van der Waals surface area contributed by atoms with Crippen LogP contribution in [0.5, 0.6) is 0 Å². The van der Waals surface area contributed by atoms with Crippen LogP contribution in [-0.4, -0.2) is 30.6 Å². The Balaban J connectivity index is 2.19. The number of nitrogens with zero attached hydrogens (tertiary/aromatic N) is 1. The van der Waals surface area contributed by atoms with Crippen LogP contribution in [0, 0.1) is 0 Å². The van der Waals surface area contributed by atoms with E-state index in [9.17, 15) is 0 Å². The molecule has 1 fully saturated rings. The number of anilines is 1. The summed E-state index contributed by atoms with van der Waals surface area (Å²) < 4.78 is 1.17. The highest BCUT2D eigenvalue weighted by Crippen LogP contribution is 2.28. The van der Waals surface area contributed by atoms with Crippen LogP contribution in [0.2, 0.25) is 0 Å². The maximum Gasteiger partial charge on any atom is 0.0413 e. The molecule has 2 nitrogen and oxygen atoms in total. The molecule has 1 aromatic rings. The van der Waals surface area contributed by atoms with Crippen molar-refractivity contribution in [3.63, 3.8) is 0 Å². The van der Waals surface area contributed by atoms with E-state index in [4.69, 9.17) is 0 Å². The van der Waals surface area contributed by atoms with Crippen molar-refractivity contribution >= 4 is 33.4 Å². The van der Waals surface area contributed by atoms with Crippen LogP contribution in [0.1, 0.15) is 19.4 Å². The van der Waals surface area contributed by atoms with E-state index < -0.39 is 0 Å². The zero-order chi connectivity index (χ0) is 13.0. The zero-order valence-corrected chi connectivity index (χ0v) is 13.5. The van der Waals surface area contributed by atoms with Gasteiger partial charge in [-0.3, -0.25) is 0 Å². The topological polar surface area (TPSA) is 15.3 Å².